The van der Waals surface area contributed by atoms with Gasteiger partial charge in [-0.25, -0.2) is 0 Å². The predicted molar refractivity (Wildman–Crippen MR) is 90.8 cm³/mol. The van der Waals surface area contributed by atoms with Crippen molar-refractivity contribution in [3.63, 3.8) is 0 Å². The summed E-state index contributed by atoms with van der Waals surface area (Å²) in [5, 5.41) is 4.06. The van der Waals surface area contributed by atoms with Crippen molar-refractivity contribution in [2.45, 2.75) is 19.0 Å². The zero-order chi connectivity index (χ0) is 16.2. The van der Waals surface area contributed by atoms with Crippen molar-refractivity contribution in [2.24, 2.45) is 0 Å². The molecule has 0 fully saturated rings. The first-order chi connectivity index (χ1) is 11.2. The highest BCUT2D eigenvalue weighted by Crippen LogP contribution is 2.36. The molecular formula is C18H20ClNO3. The largest absolute Gasteiger partial charge is 0.493 e. The maximum atomic E-state index is 6.24. The van der Waals surface area contributed by atoms with Crippen molar-refractivity contribution >= 4 is 11.6 Å². The SMILES string of the molecule is COc1cc(CNC2COc3ccccc3C2)cc(Cl)c1OC. The summed E-state index contributed by atoms with van der Waals surface area (Å²) >= 11 is 6.24. The first-order valence-electron chi connectivity index (χ1n) is 7.55. The molecular weight excluding hydrogens is 314 g/mol. The molecule has 0 saturated heterocycles. The van der Waals surface area contributed by atoms with E-state index in [9.17, 15) is 0 Å². The molecule has 1 N–H and O–H groups in total. The number of fused-ring (bicyclic) bond motifs is 1. The molecule has 0 aromatic heterocycles. The predicted octanol–water partition coefficient (Wildman–Crippen LogP) is 3.45. The van der Waals surface area contributed by atoms with Crippen molar-refractivity contribution in [3.8, 4) is 17.2 Å². The van der Waals surface area contributed by atoms with E-state index in [1.165, 1.54) is 5.56 Å². The summed E-state index contributed by atoms with van der Waals surface area (Å²) in [6, 6.07) is 12.3. The lowest BCUT2D eigenvalue weighted by Crippen LogP contribution is -2.38. The topological polar surface area (TPSA) is 39.7 Å². The number of benzene rings is 2. The molecule has 0 saturated carbocycles. The number of nitrogens with one attached hydrogen (secondary N) is 1. The van der Waals surface area contributed by atoms with Crippen LogP contribution in [-0.2, 0) is 13.0 Å². The number of para-hydroxylation sites is 1. The average molecular weight is 334 g/mol. The van der Waals surface area contributed by atoms with Gasteiger partial charge in [-0.1, -0.05) is 29.8 Å². The van der Waals surface area contributed by atoms with Crippen molar-refractivity contribution in [1.29, 1.82) is 0 Å². The maximum Gasteiger partial charge on any atom is 0.179 e. The van der Waals surface area contributed by atoms with E-state index in [0.29, 0.717) is 29.7 Å². The number of hydrogen-bond acceptors (Lipinski definition) is 4. The standard InChI is InChI=1S/C18H20ClNO3/c1-21-17-8-12(7-15(19)18(17)22-2)10-20-14-9-13-5-3-4-6-16(13)23-11-14/h3-8,14,20H,9-11H2,1-2H3. The third-order valence-electron chi connectivity index (χ3n) is 3.97. The van der Waals surface area contributed by atoms with Gasteiger partial charge in [0.2, 0.25) is 0 Å². The van der Waals surface area contributed by atoms with E-state index in [4.69, 9.17) is 25.8 Å². The molecule has 0 spiro atoms. The highest BCUT2D eigenvalue weighted by molar-refractivity contribution is 6.32. The number of hydrogen-bond donors (Lipinski definition) is 1. The van der Waals surface area contributed by atoms with Crippen LogP contribution in [0.15, 0.2) is 36.4 Å². The van der Waals surface area contributed by atoms with E-state index in [1.54, 1.807) is 14.2 Å². The summed E-state index contributed by atoms with van der Waals surface area (Å²) < 4.78 is 16.4. The van der Waals surface area contributed by atoms with Gasteiger partial charge in [-0.15, -0.1) is 0 Å². The zero-order valence-electron chi connectivity index (χ0n) is 13.3. The van der Waals surface area contributed by atoms with Crippen LogP contribution in [0.4, 0.5) is 0 Å². The van der Waals surface area contributed by atoms with E-state index in [2.05, 4.69) is 11.4 Å². The number of rotatable bonds is 5. The van der Waals surface area contributed by atoms with Crippen molar-refractivity contribution < 1.29 is 14.2 Å². The minimum absolute atomic E-state index is 0.275. The van der Waals surface area contributed by atoms with Crippen LogP contribution in [0.1, 0.15) is 11.1 Å². The third-order valence-corrected chi connectivity index (χ3v) is 4.25. The van der Waals surface area contributed by atoms with Crippen LogP contribution < -0.4 is 19.5 Å². The van der Waals surface area contributed by atoms with E-state index in [0.717, 1.165) is 17.7 Å². The van der Waals surface area contributed by atoms with Crippen molar-refractivity contribution in [3.05, 3.63) is 52.5 Å². The smallest absolute Gasteiger partial charge is 0.179 e. The molecule has 1 unspecified atom stereocenters. The van der Waals surface area contributed by atoms with Gasteiger partial charge in [0.25, 0.3) is 0 Å². The fourth-order valence-electron chi connectivity index (χ4n) is 2.79. The molecule has 23 heavy (non-hydrogen) atoms. The minimum Gasteiger partial charge on any atom is -0.493 e. The normalized spacial score (nSPS) is 16.4. The van der Waals surface area contributed by atoms with Gasteiger partial charge in [0.15, 0.2) is 11.5 Å². The van der Waals surface area contributed by atoms with Gasteiger partial charge >= 0.3 is 0 Å². The van der Waals surface area contributed by atoms with Gasteiger partial charge in [0.1, 0.15) is 12.4 Å². The Bertz CT molecular complexity index is 690. The molecule has 122 valence electrons. The number of ether oxygens (including phenoxy) is 3. The van der Waals surface area contributed by atoms with E-state index in [-0.39, 0.29) is 6.04 Å². The summed E-state index contributed by atoms with van der Waals surface area (Å²) in [4.78, 5) is 0. The summed E-state index contributed by atoms with van der Waals surface area (Å²) in [5.74, 6) is 2.19. The molecule has 2 aromatic carbocycles. The van der Waals surface area contributed by atoms with Gasteiger partial charge < -0.3 is 19.5 Å². The minimum atomic E-state index is 0.275. The van der Waals surface area contributed by atoms with Crippen LogP contribution in [0.2, 0.25) is 5.02 Å². The van der Waals surface area contributed by atoms with Crippen LogP contribution in [0.25, 0.3) is 0 Å². The Morgan fingerprint density at radius 1 is 1.22 bits per heavy atom. The van der Waals surface area contributed by atoms with Gasteiger partial charge in [-0.2, -0.15) is 0 Å². The number of methoxy groups -OCH3 is 2. The summed E-state index contributed by atoms with van der Waals surface area (Å²) in [6.07, 6.45) is 0.956. The first kappa shape index (κ1) is 16.0. The summed E-state index contributed by atoms with van der Waals surface area (Å²) in [5.41, 5.74) is 2.29. The fraction of sp³-hybridized carbons (Fsp3) is 0.333. The van der Waals surface area contributed by atoms with Crippen LogP contribution in [-0.4, -0.2) is 26.9 Å². The Morgan fingerprint density at radius 3 is 2.83 bits per heavy atom. The summed E-state index contributed by atoms with van der Waals surface area (Å²) in [7, 11) is 3.19. The highest BCUT2D eigenvalue weighted by atomic mass is 35.5. The molecule has 1 aliphatic heterocycles. The molecule has 5 heteroatoms. The Balaban J connectivity index is 1.66. The lowest BCUT2D eigenvalue weighted by Gasteiger charge is -2.26. The molecule has 0 bridgehead atoms. The molecule has 1 aliphatic rings. The highest BCUT2D eigenvalue weighted by Gasteiger charge is 2.19. The fourth-order valence-corrected chi connectivity index (χ4v) is 3.11. The molecule has 0 amide bonds. The molecule has 2 aromatic rings. The lowest BCUT2D eigenvalue weighted by molar-refractivity contribution is 0.238. The van der Waals surface area contributed by atoms with Gasteiger partial charge in [-0.3, -0.25) is 0 Å². The van der Waals surface area contributed by atoms with Gasteiger partial charge in [0, 0.05) is 12.6 Å². The van der Waals surface area contributed by atoms with Gasteiger partial charge in [0.05, 0.1) is 19.2 Å². The van der Waals surface area contributed by atoms with Crippen molar-refractivity contribution in [1.82, 2.24) is 5.32 Å². The van der Waals surface area contributed by atoms with E-state index in [1.807, 2.05) is 30.3 Å². The zero-order valence-corrected chi connectivity index (χ0v) is 14.0. The second kappa shape index (κ2) is 7.11. The average Bonchev–Trinajstić information content (AvgIpc) is 2.59. The first-order valence-corrected chi connectivity index (χ1v) is 7.93. The molecule has 0 radical (unpaired) electrons. The van der Waals surface area contributed by atoms with Crippen LogP contribution >= 0.6 is 11.6 Å². The lowest BCUT2D eigenvalue weighted by atomic mass is 10.0. The second-order valence-corrected chi connectivity index (χ2v) is 5.92. The van der Waals surface area contributed by atoms with Crippen molar-refractivity contribution in [2.75, 3.05) is 20.8 Å². The van der Waals surface area contributed by atoms with Crippen LogP contribution in [0.5, 0.6) is 17.2 Å². The van der Waals surface area contributed by atoms with Gasteiger partial charge in [-0.05, 0) is 35.7 Å². The van der Waals surface area contributed by atoms with Crippen LogP contribution in [0, 0.1) is 0 Å². The maximum absolute atomic E-state index is 6.24. The summed E-state index contributed by atoms with van der Waals surface area (Å²) in [6.45, 7) is 1.36. The Morgan fingerprint density at radius 2 is 2.04 bits per heavy atom. The monoisotopic (exact) mass is 333 g/mol. The van der Waals surface area contributed by atoms with Crippen LogP contribution in [0.3, 0.4) is 0 Å². The molecule has 1 heterocycles. The third kappa shape index (κ3) is 3.54. The molecule has 0 aliphatic carbocycles. The Hall–Kier alpha value is -1.91. The quantitative estimate of drug-likeness (QED) is 0.909. The molecule has 1 atom stereocenters. The number of halogens is 1. The van der Waals surface area contributed by atoms with E-state index < -0.39 is 0 Å². The second-order valence-electron chi connectivity index (χ2n) is 5.51. The van der Waals surface area contributed by atoms with E-state index >= 15 is 0 Å². The molecule has 4 nitrogen and oxygen atoms in total. The molecule has 3 rings (SSSR count). The Labute approximate surface area is 141 Å². The Kier molecular flexibility index (Phi) is 4.94.